The highest BCUT2D eigenvalue weighted by Crippen LogP contribution is 2.31. The molecule has 1 aliphatic heterocycles. The van der Waals surface area contributed by atoms with Crippen LogP contribution in [0.4, 0.5) is 10.8 Å². The number of carbonyl (C=O) groups is 2. The van der Waals surface area contributed by atoms with Gasteiger partial charge in [-0.1, -0.05) is 59.0 Å². The van der Waals surface area contributed by atoms with Gasteiger partial charge >= 0.3 is 0 Å². The Morgan fingerprint density at radius 1 is 1.25 bits per heavy atom. The molecule has 4 rings (SSSR count). The van der Waals surface area contributed by atoms with E-state index in [0.717, 1.165) is 16.8 Å². The Morgan fingerprint density at radius 3 is 2.84 bits per heavy atom. The van der Waals surface area contributed by atoms with Gasteiger partial charge in [0.1, 0.15) is 0 Å². The Labute approximate surface area is 201 Å². The number of nitrogens with zero attached hydrogens (tertiary/aromatic N) is 3. The summed E-state index contributed by atoms with van der Waals surface area (Å²) >= 11 is 9.66. The number of carbonyl (C=O) groups excluding carboxylic acids is 2. The van der Waals surface area contributed by atoms with Gasteiger partial charge in [0.05, 0.1) is 10.7 Å². The maximum atomic E-state index is 12.2. The molecule has 32 heavy (non-hydrogen) atoms. The Morgan fingerprint density at radius 2 is 2.06 bits per heavy atom. The van der Waals surface area contributed by atoms with Crippen LogP contribution in [0.3, 0.4) is 0 Å². The zero-order chi connectivity index (χ0) is 22.5. The van der Waals surface area contributed by atoms with E-state index < -0.39 is 0 Å². The van der Waals surface area contributed by atoms with E-state index in [1.54, 1.807) is 18.2 Å². The fraction of sp³-hybridized carbons (Fsp3) is 0.0952. The number of anilines is 1. The van der Waals surface area contributed by atoms with Crippen molar-refractivity contribution in [2.45, 2.75) is 11.3 Å². The third-order valence-electron chi connectivity index (χ3n) is 4.04. The molecule has 2 N–H and O–H groups in total. The molecule has 3 aromatic rings. The number of aromatic nitrogens is 2. The van der Waals surface area contributed by atoms with E-state index in [2.05, 4.69) is 25.8 Å². The summed E-state index contributed by atoms with van der Waals surface area (Å²) in [5.74, 6) is -0.145. The number of hydrogen-bond acceptors (Lipinski definition) is 8. The molecule has 0 spiro atoms. The Hall–Kier alpha value is -2.66. The summed E-state index contributed by atoms with van der Waals surface area (Å²) in [6.07, 6.45) is 1.77. The summed E-state index contributed by atoms with van der Waals surface area (Å²) in [5.41, 5.74) is 2.70. The third-order valence-corrected chi connectivity index (χ3v) is 7.15. The fourth-order valence-electron chi connectivity index (χ4n) is 2.63. The molecule has 2 heterocycles. The topological polar surface area (TPSA) is 96.3 Å². The quantitative estimate of drug-likeness (QED) is 0.359. The number of hydrogen-bond donors (Lipinski definition) is 2. The molecule has 2 amide bonds. The summed E-state index contributed by atoms with van der Waals surface area (Å²) in [7, 11) is 0. The highest BCUT2D eigenvalue weighted by atomic mass is 35.5. The van der Waals surface area contributed by atoms with E-state index in [-0.39, 0.29) is 17.6 Å². The summed E-state index contributed by atoms with van der Waals surface area (Å²) in [5, 5.41) is 15.1. The number of benzene rings is 2. The van der Waals surface area contributed by atoms with Crippen LogP contribution >= 0.6 is 46.5 Å². The lowest BCUT2D eigenvalue weighted by Crippen LogP contribution is -2.19. The third kappa shape index (κ3) is 6.19. The molecule has 1 aromatic heterocycles. The number of aliphatic imine (C=N–C) groups is 1. The van der Waals surface area contributed by atoms with Gasteiger partial charge in [-0.05, 0) is 60.2 Å². The van der Waals surface area contributed by atoms with Crippen LogP contribution in [0.15, 0.2) is 62.8 Å². The first kappa shape index (κ1) is 22.5. The number of rotatable bonds is 6. The first-order chi connectivity index (χ1) is 15.4. The molecular formula is C21H16ClN5O2S3. The summed E-state index contributed by atoms with van der Waals surface area (Å²) in [4.78, 5) is 29.2. The van der Waals surface area contributed by atoms with Gasteiger partial charge in [-0.2, -0.15) is 4.99 Å². The molecule has 0 aliphatic carbocycles. The molecule has 0 bridgehead atoms. The van der Waals surface area contributed by atoms with Crippen molar-refractivity contribution in [3.05, 3.63) is 69.6 Å². The van der Waals surface area contributed by atoms with Crippen molar-refractivity contribution in [3.8, 4) is 0 Å². The van der Waals surface area contributed by atoms with Crippen LogP contribution in [0, 0.1) is 6.92 Å². The zero-order valence-corrected chi connectivity index (χ0v) is 19.9. The maximum Gasteiger partial charge on any atom is 0.264 e. The van der Waals surface area contributed by atoms with Gasteiger partial charge in [-0.3, -0.25) is 9.59 Å². The second-order valence-corrected chi connectivity index (χ2v) is 10.2. The van der Waals surface area contributed by atoms with E-state index in [0.29, 0.717) is 24.6 Å². The zero-order valence-electron chi connectivity index (χ0n) is 16.7. The summed E-state index contributed by atoms with van der Waals surface area (Å²) < 4.78 is 0.620. The van der Waals surface area contributed by atoms with E-state index in [4.69, 9.17) is 11.6 Å². The monoisotopic (exact) mass is 501 g/mol. The first-order valence-corrected chi connectivity index (χ1v) is 12.3. The predicted octanol–water partition coefficient (Wildman–Crippen LogP) is 5.12. The number of aryl methyl sites for hydroxylation is 1. The van der Waals surface area contributed by atoms with Gasteiger partial charge < -0.3 is 10.6 Å². The Bertz CT molecular complexity index is 1220. The highest BCUT2D eigenvalue weighted by Gasteiger charge is 2.24. The van der Waals surface area contributed by atoms with Gasteiger partial charge in [-0.25, -0.2) is 0 Å². The predicted molar refractivity (Wildman–Crippen MR) is 133 cm³/mol. The van der Waals surface area contributed by atoms with Crippen LogP contribution in [0.5, 0.6) is 0 Å². The van der Waals surface area contributed by atoms with Crippen LogP contribution in [0.1, 0.15) is 11.1 Å². The number of amidine groups is 1. The summed E-state index contributed by atoms with van der Waals surface area (Å²) in [6.45, 7) is 1.97. The van der Waals surface area contributed by atoms with Crippen molar-refractivity contribution in [2.24, 2.45) is 4.99 Å². The van der Waals surface area contributed by atoms with Crippen molar-refractivity contribution in [2.75, 3.05) is 11.1 Å². The second-order valence-electron chi connectivity index (χ2n) is 6.59. The van der Waals surface area contributed by atoms with E-state index in [9.17, 15) is 9.59 Å². The van der Waals surface area contributed by atoms with Crippen molar-refractivity contribution in [1.82, 2.24) is 15.5 Å². The Kier molecular flexibility index (Phi) is 7.26. The van der Waals surface area contributed by atoms with Crippen LogP contribution in [0.25, 0.3) is 6.08 Å². The molecular weight excluding hydrogens is 486 g/mol. The van der Waals surface area contributed by atoms with E-state index >= 15 is 0 Å². The Balaban J connectivity index is 1.34. The number of amides is 2. The number of thioether (sulfide) groups is 2. The van der Waals surface area contributed by atoms with Crippen LogP contribution < -0.4 is 10.6 Å². The van der Waals surface area contributed by atoms with Gasteiger partial charge in [0.25, 0.3) is 5.91 Å². The average molecular weight is 502 g/mol. The fourth-order valence-corrected chi connectivity index (χ4v) is 5.16. The molecule has 1 aliphatic rings. The maximum absolute atomic E-state index is 12.2. The second kappa shape index (κ2) is 10.3. The van der Waals surface area contributed by atoms with Crippen molar-refractivity contribution < 1.29 is 9.59 Å². The van der Waals surface area contributed by atoms with Crippen LogP contribution in [-0.2, 0) is 9.59 Å². The first-order valence-electron chi connectivity index (χ1n) is 9.32. The van der Waals surface area contributed by atoms with Gasteiger partial charge in [0.2, 0.25) is 11.0 Å². The minimum absolute atomic E-state index is 0.126. The minimum Gasteiger partial charge on any atom is -0.325 e. The van der Waals surface area contributed by atoms with Crippen molar-refractivity contribution in [1.29, 1.82) is 0 Å². The van der Waals surface area contributed by atoms with Crippen molar-refractivity contribution >= 4 is 80.3 Å². The van der Waals surface area contributed by atoms with E-state index in [1.807, 2.05) is 43.3 Å². The molecule has 0 atom stereocenters. The molecule has 11 heteroatoms. The molecule has 2 aromatic carbocycles. The molecule has 0 unspecified atom stereocenters. The SMILES string of the molecule is Cc1cccc(NC(=O)CSc2nnc(/N=C3\NC(=O)/C(=C/c4ccc(Cl)cc4)S3)s2)c1. The van der Waals surface area contributed by atoms with Crippen LogP contribution in [0.2, 0.25) is 5.02 Å². The molecule has 0 saturated carbocycles. The van der Waals surface area contributed by atoms with Gasteiger partial charge in [-0.15, -0.1) is 10.2 Å². The molecule has 1 fully saturated rings. The number of halogens is 1. The molecule has 162 valence electrons. The normalized spacial score (nSPS) is 15.9. The largest absolute Gasteiger partial charge is 0.325 e. The van der Waals surface area contributed by atoms with Gasteiger partial charge in [0, 0.05) is 10.7 Å². The highest BCUT2D eigenvalue weighted by molar-refractivity contribution is 8.18. The minimum atomic E-state index is -0.226. The van der Waals surface area contributed by atoms with Gasteiger partial charge in [0.15, 0.2) is 9.51 Å². The number of nitrogens with one attached hydrogen (secondary N) is 2. The molecule has 7 nitrogen and oxygen atoms in total. The van der Waals surface area contributed by atoms with E-state index in [1.165, 1.54) is 34.9 Å². The van der Waals surface area contributed by atoms with Crippen LogP contribution in [-0.4, -0.2) is 32.9 Å². The average Bonchev–Trinajstić information content (AvgIpc) is 3.34. The molecule has 0 radical (unpaired) electrons. The van der Waals surface area contributed by atoms with Crippen molar-refractivity contribution in [3.63, 3.8) is 0 Å². The lowest BCUT2D eigenvalue weighted by atomic mass is 10.2. The standard InChI is InChI=1S/C21H16ClN5O2S3/c1-12-3-2-4-15(9-12)23-17(28)11-30-21-27-26-20(32-21)25-19-24-18(29)16(31-19)10-13-5-7-14(22)8-6-13/h2-10H,11H2,1H3,(H,23,28)(H,24,25,26,29)/b16-10-. The smallest absolute Gasteiger partial charge is 0.264 e. The molecule has 1 saturated heterocycles. The lowest BCUT2D eigenvalue weighted by molar-refractivity contribution is -0.115. The lowest BCUT2D eigenvalue weighted by Gasteiger charge is -2.04. The summed E-state index contributed by atoms with van der Waals surface area (Å²) in [6, 6.07) is 14.8.